The average molecular weight is 674 g/mol. The number of hydrogen-bond acceptors (Lipinski definition) is 9. The second-order valence-corrected chi connectivity index (χ2v) is 12.2. The molecule has 0 spiro atoms. The highest BCUT2D eigenvalue weighted by Crippen LogP contribution is 2.23. The molecule has 1 aliphatic heterocycles. The summed E-state index contributed by atoms with van der Waals surface area (Å²) in [5, 5.41) is 20.4. The largest absolute Gasteiger partial charge is 0.353 e. The lowest BCUT2D eigenvalue weighted by Crippen LogP contribution is -2.37. The normalized spacial score (nSPS) is 13.4. The van der Waals surface area contributed by atoms with Gasteiger partial charge in [-0.3, -0.25) is 9.48 Å². The van der Waals surface area contributed by atoms with Gasteiger partial charge >= 0.3 is 6.03 Å². The molecule has 1 saturated heterocycles. The molecule has 2 N–H and O–H groups in total. The molecule has 1 atom stereocenters. The summed E-state index contributed by atoms with van der Waals surface area (Å²) in [4.78, 5) is 44.4. The molecule has 1 fully saturated rings. The number of nitrogens with zero attached hydrogens (tertiary/aromatic N) is 9. The first-order valence-electron chi connectivity index (χ1n) is 16.9. The number of urea groups is 1. The number of nitriles is 1. The molecule has 0 saturated carbocycles. The average Bonchev–Trinajstić information content (AvgIpc) is 3.50. The van der Waals surface area contributed by atoms with E-state index in [4.69, 9.17) is 4.98 Å². The standard InChI is InChI=1S/C37H43N11O2/c1-4-11-32(43-36-40-25-30(22-38)35(44-36)47-19-17-34(49)45(2)20-21-47)14-9-6-10-18-48(37(50)41-23-28-12-7-5-8-13-28)33-16-15-29(24-39-33)31-26-42-46(3)27-31/h5,7-8,12-13,15-16,24-27,32H,4,6,9,11,14,17,19-21,23H2,1-3H3,(H,41,50)(H,40,43,44)/t32-/m1/s1. The maximum Gasteiger partial charge on any atom is 0.335 e. The van der Waals surface area contributed by atoms with Crippen molar-refractivity contribution in [3.63, 3.8) is 0 Å². The molecule has 13 nitrogen and oxygen atoms in total. The number of carbonyl (C=O) groups is 2. The number of nitrogens with one attached hydrogen (secondary N) is 2. The Morgan fingerprint density at radius 2 is 1.86 bits per heavy atom. The first-order chi connectivity index (χ1) is 24.3. The van der Waals surface area contributed by atoms with Gasteiger partial charge in [-0.05, 0) is 37.0 Å². The van der Waals surface area contributed by atoms with E-state index in [2.05, 4.69) is 50.7 Å². The van der Waals surface area contributed by atoms with Gasteiger partial charge < -0.3 is 20.4 Å². The fraction of sp³-hybridized carbons (Fsp3) is 0.378. The van der Waals surface area contributed by atoms with Crippen LogP contribution in [0.25, 0.3) is 11.1 Å². The molecule has 3 aromatic heterocycles. The number of likely N-dealkylation sites (N-methyl/N-ethyl adjacent to an activating group) is 1. The quantitative estimate of drug-likeness (QED) is 0.121. The predicted molar refractivity (Wildman–Crippen MR) is 193 cm³/mol. The summed E-state index contributed by atoms with van der Waals surface area (Å²) in [6, 6.07) is 18.4. The summed E-state index contributed by atoms with van der Waals surface area (Å²) in [6.45, 7) is 4.15. The van der Waals surface area contributed by atoms with Crippen LogP contribution in [-0.2, 0) is 18.4 Å². The molecule has 258 valence electrons. The third kappa shape index (κ3) is 9.57. The van der Waals surface area contributed by atoms with Gasteiger partial charge in [0, 0.05) is 88.7 Å². The van der Waals surface area contributed by atoms with Crippen molar-refractivity contribution in [2.75, 3.05) is 41.8 Å². The Hall–Kier alpha value is -5.95. The van der Waals surface area contributed by atoms with Crippen molar-refractivity contribution in [1.29, 1.82) is 5.26 Å². The zero-order valence-corrected chi connectivity index (χ0v) is 28.8. The van der Waals surface area contributed by atoms with Crippen LogP contribution >= 0.6 is 0 Å². The van der Waals surface area contributed by atoms with Crippen molar-refractivity contribution < 1.29 is 9.59 Å². The molecule has 3 amide bonds. The molecule has 13 heteroatoms. The van der Waals surface area contributed by atoms with Crippen LogP contribution in [0.3, 0.4) is 0 Å². The van der Waals surface area contributed by atoms with Crippen LogP contribution in [0.2, 0.25) is 0 Å². The Morgan fingerprint density at radius 3 is 2.58 bits per heavy atom. The molecule has 1 aromatic carbocycles. The second-order valence-electron chi connectivity index (χ2n) is 12.2. The van der Waals surface area contributed by atoms with Crippen molar-refractivity contribution in [2.45, 2.75) is 58.0 Å². The van der Waals surface area contributed by atoms with Crippen LogP contribution in [0.15, 0.2) is 67.3 Å². The molecule has 4 aromatic rings. The van der Waals surface area contributed by atoms with Gasteiger partial charge in [-0.25, -0.2) is 19.7 Å². The van der Waals surface area contributed by atoms with Crippen LogP contribution in [-0.4, -0.2) is 74.3 Å². The van der Waals surface area contributed by atoms with E-state index in [1.54, 1.807) is 41.3 Å². The minimum Gasteiger partial charge on any atom is -0.353 e. The molecule has 0 bridgehead atoms. The van der Waals surface area contributed by atoms with Crippen LogP contribution in [0.4, 0.5) is 22.4 Å². The summed E-state index contributed by atoms with van der Waals surface area (Å²) in [6.07, 6.45) is 11.3. The zero-order chi connectivity index (χ0) is 35.3. The third-order valence-corrected chi connectivity index (χ3v) is 8.44. The Kier molecular flexibility index (Phi) is 12.3. The fourth-order valence-corrected chi connectivity index (χ4v) is 5.62. The highest BCUT2D eigenvalue weighted by Gasteiger charge is 2.22. The van der Waals surface area contributed by atoms with Crippen molar-refractivity contribution in [3.05, 3.63) is 78.4 Å². The molecule has 0 radical (unpaired) electrons. The van der Waals surface area contributed by atoms with Crippen molar-refractivity contribution in [3.8, 4) is 29.2 Å². The highest BCUT2D eigenvalue weighted by molar-refractivity contribution is 5.94. The van der Waals surface area contributed by atoms with Gasteiger partial charge in [-0.2, -0.15) is 15.3 Å². The molecule has 0 unspecified atom stereocenters. The maximum absolute atomic E-state index is 13.4. The number of hydrogen-bond donors (Lipinski definition) is 2. The summed E-state index contributed by atoms with van der Waals surface area (Å²) < 4.78 is 1.73. The van der Waals surface area contributed by atoms with Gasteiger partial charge in [0.2, 0.25) is 11.9 Å². The SMILES string of the molecule is CCC[C@H](CCCC#CN(C(=O)NCc1ccccc1)c1ccc(-c2cnn(C)c2)cn1)Nc1ncc(C#N)c(N2CCC(=O)N(C)CC2)n1. The number of benzene rings is 1. The lowest BCUT2D eigenvalue weighted by molar-refractivity contribution is -0.129. The van der Waals surface area contributed by atoms with E-state index in [1.807, 2.05) is 54.5 Å². The molecular formula is C37H43N11O2. The van der Waals surface area contributed by atoms with Gasteiger partial charge in [0.15, 0.2) is 5.82 Å². The minimum absolute atomic E-state index is 0.0791. The van der Waals surface area contributed by atoms with Crippen LogP contribution < -0.4 is 20.4 Å². The maximum atomic E-state index is 13.4. The molecule has 5 rings (SSSR count). The number of anilines is 3. The number of unbranched alkanes of at least 4 members (excludes halogenated alkanes) is 1. The van der Waals surface area contributed by atoms with E-state index in [-0.39, 0.29) is 18.0 Å². The van der Waals surface area contributed by atoms with E-state index in [9.17, 15) is 14.9 Å². The smallest absolute Gasteiger partial charge is 0.335 e. The Morgan fingerprint density at radius 1 is 1.02 bits per heavy atom. The fourth-order valence-electron chi connectivity index (χ4n) is 5.62. The summed E-state index contributed by atoms with van der Waals surface area (Å²) >= 11 is 0. The van der Waals surface area contributed by atoms with E-state index in [0.29, 0.717) is 62.2 Å². The van der Waals surface area contributed by atoms with E-state index in [1.165, 1.54) is 4.90 Å². The molecular weight excluding hydrogens is 630 g/mol. The predicted octanol–water partition coefficient (Wildman–Crippen LogP) is 4.94. The first-order valence-corrected chi connectivity index (χ1v) is 16.9. The van der Waals surface area contributed by atoms with Gasteiger partial charge in [-0.15, -0.1) is 0 Å². The van der Waals surface area contributed by atoms with Crippen molar-refractivity contribution in [1.82, 2.24) is 34.9 Å². The van der Waals surface area contributed by atoms with Gasteiger partial charge in [-0.1, -0.05) is 49.6 Å². The van der Waals surface area contributed by atoms with E-state index in [0.717, 1.165) is 42.4 Å². The third-order valence-electron chi connectivity index (χ3n) is 8.44. The molecule has 50 heavy (non-hydrogen) atoms. The van der Waals surface area contributed by atoms with E-state index >= 15 is 0 Å². The summed E-state index contributed by atoms with van der Waals surface area (Å²) in [7, 11) is 3.65. The molecule has 0 aliphatic carbocycles. The van der Waals surface area contributed by atoms with E-state index < -0.39 is 0 Å². The molecule has 1 aliphatic rings. The minimum atomic E-state index is -0.359. The van der Waals surface area contributed by atoms with Gasteiger partial charge in [0.1, 0.15) is 17.5 Å². The van der Waals surface area contributed by atoms with Crippen molar-refractivity contribution in [2.24, 2.45) is 7.05 Å². The monoisotopic (exact) mass is 673 g/mol. The van der Waals surface area contributed by atoms with Crippen LogP contribution in [0.1, 0.15) is 56.6 Å². The Bertz CT molecular complexity index is 1840. The highest BCUT2D eigenvalue weighted by atomic mass is 16.2. The summed E-state index contributed by atoms with van der Waals surface area (Å²) in [5.74, 6) is 4.68. The Labute approximate surface area is 293 Å². The summed E-state index contributed by atoms with van der Waals surface area (Å²) in [5.41, 5.74) is 3.19. The number of pyridine rings is 1. The number of aryl methyl sites for hydroxylation is 1. The second kappa shape index (κ2) is 17.4. The molecule has 4 heterocycles. The number of aromatic nitrogens is 5. The lowest BCUT2D eigenvalue weighted by Gasteiger charge is -2.24. The van der Waals surface area contributed by atoms with Gasteiger partial charge in [0.05, 0.1) is 12.4 Å². The first kappa shape index (κ1) is 35.4. The number of rotatable bonds is 12. The zero-order valence-electron chi connectivity index (χ0n) is 28.8. The number of amides is 3. The topological polar surface area (TPSA) is 148 Å². The van der Waals surface area contributed by atoms with Gasteiger partial charge in [0.25, 0.3) is 0 Å². The lowest BCUT2D eigenvalue weighted by atomic mass is 10.1. The number of carbonyl (C=O) groups excluding carboxylic acids is 2. The van der Waals surface area contributed by atoms with Crippen LogP contribution in [0.5, 0.6) is 0 Å². The Balaban J connectivity index is 1.24. The van der Waals surface area contributed by atoms with Crippen molar-refractivity contribution >= 4 is 29.5 Å². The van der Waals surface area contributed by atoms with Crippen LogP contribution in [0, 0.1) is 23.3 Å².